The highest BCUT2D eigenvalue weighted by Crippen LogP contribution is 2.32. The third-order valence-corrected chi connectivity index (χ3v) is 8.08. The maximum atomic E-state index is 14.2. The Hall–Kier alpha value is -6.04. The van der Waals surface area contributed by atoms with Crippen molar-refractivity contribution in [2.75, 3.05) is 37.7 Å². The van der Waals surface area contributed by atoms with Gasteiger partial charge in [-0.3, -0.25) is 28.8 Å². The van der Waals surface area contributed by atoms with Gasteiger partial charge in [-0.2, -0.15) is 4.99 Å². The topological polar surface area (TPSA) is 245 Å². The van der Waals surface area contributed by atoms with Crippen molar-refractivity contribution < 1.29 is 52.5 Å². The molecule has 0 bridgehead atoms. The minimum Gasteiger partial charge on any atom is -0.462 e. The zero-order valence-electron chi connectivity index (χ0n) is 30.1. The van der Waals surface area contributed by atoms with Gasteiger partial charge in [-0.15, -0.1) is 0 Å². The number of guanidine groups is 1. The fourth-order valence-electron chi connectivity index (χ4n) is 5.77. The van der Waals surface area contributed by atoms with Crippen molar-refractivity contribution in [3.05, 3.63) is 47.5 Å². The molecule has 18 nitrogen and oxygen atoms in total. The van der Waals surface area contributed by atoms with E-state index in [0.717, 1.165) is 40.3 Å². The van der Waals surface area contributed by atoms with Gasteiger partial charge in [-0.1, -0.05) is 23.7 Å². The minimum absolute atomic E-state index is 0.0632. The van der Waals surface area contributed by atoms with Crippen molar-refractivity contribution in [2.45, 2.75) is 59.0 Å². The van der Waals surface area contributed by atoms with Crippen molar-refractivity contribution in [1.82, 2.24) is 14.9 Å². The van der Waals surface area contributed by atoms with Crippen LogP contribution in [-0.2, 0) is 52.5 Å². The van der Waals surface area contributed by atoms with Crippen molar-refractivity contribution >= 4 is 75.9 Å². The second-order valence-electron chi connectivity index (χ2n) is 12.1. The molecule has 54 heavy (non-hydrogen) atoms. The largest absolute Gasteiger partial charge is 0.462 e. The molecule has 0 aliphatic carbocycles. The van der Waals surface area contributed by atoms with E-state index in [2.05, 4.69) is 15.0 Å². The van der Waals surface area contributed by atoms with Gasteiger partial charge < -0.3 is 45.0 Å². The lowest BCUT2D eigenvalue weighted by Crippen LogP contribution is -2.59. The van der Waals surface area contributed by atoms with E-state index >= 15 is 0 Å². The number of fused-ring (bicyclic) bond motifs is 1. The molecular weight excluding hydrogens is 730 g/mol. The summed E-state index contributed by atoms with van der Waals surface area (Å²) in [5, 5.41) is 1.15. The Balaban J connectivity index is 1.63. The van der Waals surface area contributed by atoms with E-state index < -0.39 is 66.8 Å². The van der Waals surface area contributed by atoms with E-state index in [1.807, 2.05) is 29.2 Å². The molecule has 2 aromatic carbocycles. The molecule has 1 aromatic heterocycles. The number of aliphatic imine (C=N–C) groups is 1. The van der Waals surface area contributed by atoms with Crippen LogP contribution in [0.5, 0.6) is 0 Å². The Bertz CT molecular complexity index is 1950. The number of ether oxygens (including phenoxy) is 5. The molecular formula is C35H40ClN7O11. The molecule has 1 aliphatic heterocycles. The van der Waals surface area contributed by atoms with E-state index in [4.69, 9.17) is 46.8 Å². The Morgan fingerprint density at radius 3 is 2.00 bits per heavy atom. The standard InChI is InChI=1S/C35H40ClN7O11/c1-18(44)50-17-28(51-19(2)45)30(52-20(3)46)31(53-21(4)47)32(54-22(5)48)33(49)43-13-11-42(12-14-43)25-8-6-7-23(15-25)29-26-16-24(36)9-10-27(26)39-35(40-29)41-34(37)38/h6-10,15-16,28,30-32H,11-14,17H2,1-5H3,(H4,37,38,39,40,41)/t28-,30-,31+,32-/m1/s1. The Morgan fingerprint density at radius 1 is 0.778 bits per heavy atom. The van der Waals surface area contributed by atoms with E-state index in [1.165, 1.54) is 4.90 Å². The fraction of sp³-hybridized carbons (Fsp3) is 0.400. The van der Waals surface area contributed by atoms with Crippen LogP contribution in [0.3, 0.4) is 0 Å². The molecule has 2 heterocycles. The third kappa shape index (κ3) is 11.0. The highest BCUT2D eigenvalue weighted by atomic mass is 35.5. The summed E-state index contributed by atoms with van der Waals surface area (Å²) in [6, 6.07) is 12.6. The summed E-state index contributed by atoms with van der Waals surface area (Å²) in [6.45, 7) is 5.44. The number of esters is 5. The monoisotopic (exact) mass is 769 g/mol. The van der Waals surface area contributed by atoms with Crippen molar-refractivity contribution in [3.8, 4) is 11.3 Å². The van der Waals surface area contributed by atoms with Gasteiger partial charge >= 0.3 is 29.8 Å². The molecule has 288 valence electrons. The minimum atomic E-state index is -1.86. The smallest absolute Gasteiger partial charge is 0.303 e. The van der Waals surface area contributed by atoms with Crippen LogP contribution in [0.4, 0.5) is 11.6 Å². The summed E-state index contributed by atoms with van der Waals surface area (Å²) >= 11 is 6.31. The number of hydrogen-bond acceptors (Lipinski definition) is 15. The van der Waals surface area contributed by atoms with Gasteiger partial charge in [-0.05, 0) is 30.3 Å². The third-order valence-electron chi connectivity index (χ3n) is 7.85. The van der Waals surface area contributed by atoms with Crippen LogP contribution in [0, 0.1) is 0 Å². The average Bonchev–Trinajstić information content (AvgIpc) is 3.09. The van der Waals surface area contributed by atoms with E-state index in [-0.39, 0.29) is 25.0 Å². The van der Waals surface area contributed by atoms with Gasteiger partial charge in [0, 0.05) is 82.5 Å². The first-order chi connectivity index (χ1) is 25.5. The Kier molecular flexibility index (Phi) is 13.7. The number of halogens is 1. The van der Waals surface area contributed by atoms with E-state index in [0.29, 0.717) is 40.3 Å². The van der Waals surface area contributed by atoms with Crippen LogP contribution in [-0.4, -0.2) is 114 Å². The highest BCUT2D eigenvalue weighted by molar-refractivity contribution is 6.31. The average molecular weight is 770 g/mol. The van der Waals surface area contributed by atoms with Crippen LogP contribution < -0.4 is 16.4 Å². The molecule has 19 heteroatoms. The number of amides is 1. The van der Waals surface area contributed by atoms with E-state index in [9.17, 15) is 28.8 Å². The zero-order chi connectivity index (χ0) is 39.7. The van der Waals surface area contributed by atoms with Gasteiger partial charge in [0.05, 0.1) is 11.2 Å². The lowest BCUT2D eigenvalue weighted by Gasteiger charge is -2.40. The SMILES string of the molecule is CC(=O)OC[C@@H](OC(C)=O)[C@@H](OC(C)=O)[C@H](OC(C)=O)[C@@H](OC(C)=O)C(=O)N1CCN(c2cccc(-c3nc(N=C(N)N)nc4ccc(Cl)cc34)c2)CC1. The van der Waals surface area contributed by atoms with Crippen molar-refractivity contribution in [3.63, 3.8) is 0 Å². The van der Waals surface area contributed by atoms with Crippen LogP contribution in [0.15, 0.2) is 47.5 Å². The van der Waals surface area contributed by atoms with Gasteiger partial charge in [0.2, 0.25) is 6.10 Å². The van der Waals surface area contributed by atoms with Crippen LogP contribution in [0.1, 0.15) is 34.6 Å². The molecule has 1 fully saturated rings. The Morgan fingerprint density at radius 2 is 1.41 bits per heavy atom. The summed E-state index contributed by atoms with van der Waals surface area (Å²) in [4.78, 5) is 91.2. The summed E-state index contributed by atoms with van der Waals surface area (Å²) < 4.78 is 26.6. The van der Waals surface area contributed by atoms with Gasteiger partial charge in [0.1, 0.15) is 6.61 Å². The first kappa shape index (κ1) is 40.7. The highest BCUT2D eigenvalue weighted by Gasteiger charge is 2.48. The number of anilines is 1. The number of nitrogens with two attached hydrogens (primary N) is 2. The fourth-order valence-corrected chi connectivity index (χ4v) is 5.95. The molecule has 4 N–H and O–H groups in total. The lowest BCUT2D eigenvalue weighted by molar-refractivity contribution is -0.205. The number of carbonyl (C=O) groups excluding carboxylic acids is 6. The first-order valence-corrected chi connectivity index (χ1v) is 16.9. The normalized spacial score (nSPS) is 14.9. The number of rotatable bonds is 13. The molecule has 1 amide bonds. The number of carbonyl (C=O) groups is 6. The van der Waals surface area contributed by atoms with Crippen molar-refractivity contribution in [1.29, 1.82) is 0 Å². The number of piperazine rings is 1. The first-order valence-electron chi connectivity index (χ1n) is 16.6. The van der Waals surface area contributed by atoms with Crippen LogP contribution in [0.2, 0.25) is 5.02 Å². The second-order valence-corrected chi connectivity index (χ2v) is 12.5. The predicted octanol–water partition coefficient (Wildman–Crippen LogP) is 1.79. The molecule has 1 saturated heterocycles. The van der Waals surface area contributed by atoms with Gasteiger partial charge in [0.25, 0.3) is 11.9 Å². The number of hydrogen-bond donors (Lipinski definition) is 2. The molecule has 3 aromatic rings. The maximum Gasteiger partial charge on any atom is 0.303 e. The molecule has 0 spiro atoms. The summed E-state index contributed by atoms with van der Waals surface area (Å²) in [5.41, 5.74) is 13.8. The summed E-state index contributed by atoms with van der Waals surface area (Å²) in [5.74, 6) is -5.35. The summed E-state index contributed by atoms with van der Waals surface area (Å²) in [7, 11) is 0. The van der Waals surface area contributed by atoms with Gasteiger partial charge in [0.15, 0.2) is 24.3 Å². The van der Waals surface area contributed by atoms with E-state index in [1.54, 1.807) is 18.2 Å². The molecule has 0 unspecified atom stereocenters. The second kappa shape index (κ2) is 18.1. The van der Waals surface area contributed by atoms with Crippen LogP contribution >= 0.6 is 11.6 Å². The van der Waals surface area contributed by atoms with Gasteiger partial charge in [-0.25, -0.2) is 9.97 Å². The predicted molar refractivity (Wildman–Crippen MR) is 193 cm³/mol. The van der Waals surface area contributed by atoms with Crippen molar-refractivity contribution in [2.24, 2.45) is 16.5 Å². The van der Waals surface area contributed by atoms with Crippen LogP contribution in [0.25, 0.3) is 22.2 Å². The lowest BCUT2D eigenvalue weighted by atomic mass is 10.0. The molecule has 4 rings (SSSR count). The number of benzene rings is 2. The molecule has 0 radical (unpaired) electrons. The summed E-state index contributed by atoms with van der Waals surface area (Å²) in [6.07, 6.45) is -6.99. The number of nitrogens with zero attached hydrogens (tertiary/aromatic N) is 5. The zero-order valence-corrected chi connectivity index (χ0v) is 30.9. The molecule has 4 atom stereocenters. The quantitative estimate of drug-likeness (QED) is 0.109. The maximum absolute atomic E-state index is 14.2. The molecule has 0 saturated carbocycles. The molecule has 1 aliphatic rings. The number of aromatic nitrogens is 2. The Labute approximate surface area is 314 Å².